The van der Waals surface area contributed by atoms with E-state index in [1.54, 1.807) is 0 Å². The summed E-state index contributed by atoms with van der Waals surface area (Å²) in [4.78, 5) is 4.77. The predicted octanol–water partition coefficient (Wildman–Crippen LogP) is 4.39. The molecular formula is C13H21NS. The van der Waals surface area contributed by atoms with Gasteiger partial charge in [0.2, 0.25) is 0 Å². The molecule has 15 heavy (non-hydrogen) atoms. The van der Waals surface area contributed by atoms with Crippen LogP contribution in [0.1, 0.15) is 62.6 Å². The molecule has 1 aromatic rings. The molecule has 0 unspecified atom stereocenters. The number of thiazole rings is 1. The van der Waals surface area contributed by atoms with E-state index in [0.717, 1.165) is 18.3 Å². The number of hydrogen-bond donors (Lipinski definition) is 0. The molecule has 0 amide bonds. The Balaban J connectivity index is 1.96. The minimum absolute atomic E-state index is 0.775. The summed E-state index contributed by atoms with van der Waals surface area (Å²) in [6.07, 6.45) is 7.88. The summed E-state index contributed by atoms with van der Waals surface area (Å²) in [5, 5.41) is 3.67. The Bertz CT molecular complexity index is 297. The smallest absolute Gasteiger partial charge is 0.0959 e. The van der Waals surface area contributed by atoms with E-state index in [1.165, 1.54) is 42.8 Å². The average molecular weight is 223 g/mol. The lowest BCUT2D eigenvalue weighted by molar-refractivity contribution is 0.347. The molecular weight excluding hydrogens is 202 g/mol. The fourth-order valence-electron chi connectivity index (χ4n) is 2.39. The second-order valence-corrected chi connectivity index (χ2v) is 5.77. The van der Waals surface area contributed by atoms with E-state index in [0.29, 0.717) is 0 Å². The maximum absolute atomic E-state index is 4.77. The molecule has 84 valence electrons. The third-order valence-electron chi connectivity index (χ3n) is 3.44. The molecule has 0 aliphatic heterocycles. The molecule has 2 heteroatoms. The summed E-state index contributed by atoms with van der Waals surface area (Å²) in [6, 6.07) is 0. The van der Waals surface area contributed by atoms with Crippen molar-refractivity contribution in [3.05, 3.63) is 16.1 Å². The summed E-state index contributed by atoms with van der Waals surface area (Å²) < 4.78 is 0. The van der Waals surface area contributed by atoms with E-state index in [1.807, 2.05) is 11.3 Å². The topological polar surface area (TPSA) is 12.9 Å². The molecule has 1 aliphatic carbocycles. The van der Waals surface area contributed by atoms with Crippen molar-refractivity contribution in [1.29, 1.82) is 0 Å². The van der Waals surface area contributed by atoms with Crippen LogP contribution in [0.5, 0.6) is 0 Å². The number of nitrogens with zero attached hydrogens (tertiary/aromatic N) is 1. The van der Waals surface area contributed by atoms with Crippen molar-refractivity contribution >= 4 is 11.3 Å². The quantitative estimate of drug-likeness (QED) is 0.740. The Morgan fingerprint density at radius 2 is 2.07 bits per heavy atom. The van der Waals surface area contributed by atoms with Gasteiger partial charge in [0.05, 0.1) is 10.7 Å². The van der Waals surface area contributed by atoms with Gasteiger partial charge in [-0.3, -0.25) is 0 Å². The van der Waals surface area contributed by atoms with Gasteiger partial charge in [0.15, 0.2) is 0 Å². The first-order valence-corrected chi connectivity index (χ1v) is 7.12. The van der Waals surface area contributed by atoms with Crippen LogP contribution in [0.2, 0.25) is 0 Å². The Morgan fingerprint density at radius 1 is 1.33 bits per heavy atom. The van der Waals surface area contributed by atoms with Crippen LogP contribution in [0.15, 0.2) is 5.38 Å². The summed E-state index contributed by atoms with van der Waals surface area (Å²) in [6.45, 7) is 4.60. The first-order valence-electron chi connectivity index (χ1n) is 6.24. The molecule has 0 radical (unpaired) electrons. The standard InChI is InChI=1S/C13H21NS/c1-3-4-12-9-15-13(14-12)11-7-5-10(2)6-8-11/h9-11H,3-8H2,1-2H3. The van der Waals surface area contributed by atoms with Gasteiger partial charge in [0.25, 0.3) is 0 Å². The van der Waals surface area contributed by atoms with Crippen molar-refractivity contribution in [3.8, 4) is 0 Å². The lowest BCUT2D eigenvalue weighted by Crippen LogP contribution is -2.10. The normalized spacial score (nSPS) is 26.8. The van der Waals surface area contributed by atoms with Gasteiger partial charge in [-0.05, 0) is 25.2 Å². The lowest BCUT2D eigenvalue weighted by Gasteiger charge is -2.24. The van der Waals surface area contributed by atoms with Crippen LogP contribution in [0.4, 0.5) is 0 Å². The molecule has 1 heterocycles. The van der Waals surface area contributed by atoms with E-state index in [4.69, 9.17) is 4.98 Å². The monoisotopic (exact) mass is 223 g/mol. The molecule has 2 rings (SSSR count). The molecule has 0 saturated heterocycles. The van der Waals surface area contributed by atoms with Gasteiger partial charge in [0, 0.05) is 11.3 Å². The highest BCUT2D eigenvalue weighted by Gasteiger charge is 2.21. The first kappa shape index (κ1) is 11.1. The van der Waals surface area contributed by atoms with Gasteiger partial charge in [-0.2, -0.15) is 0 Å². The highest BCUT2D eigenvalue weighted by atomic mass is 32.1. The van der Waals surface area contributed by atoms with Crippen molar-refractivity contribution in [2.24, 2.45) is 5.92 Å². The van der Waals surface area contributed by atoms with Crippen LogP contribution < -0.4 is 0 Å². The van der Waals surface area contributed by atoms with E-state index >= 15 is 0 Å². The lowest BCUT2D eigenvalue weighted by atomic mass is 9.83. The van der Waals surface area contributed by atoms with E-state index < -0.39 is 0 Å². The molecule has 0 spiro atoms. The van der Waals surface area contributed by atoms with Crippen molar-refractivity contribution < 1.29 is 0 Å². The fraction of sp³-hybridized carbons (Fsp3) is 0.769. The van der Waals surface area contributed by atoms with Crippen LogP contribution in [0.3, 0.4) is 0 Å². The third kappa shape index (κ3) is 2.81. The zero-order valence-corrected chi connectivity index (χ0v) is 10.6. The van der Waals surface area contributed by atoms with Gasteiger partial charge in [-0.1, -0.05) is 33.1 Å². The number of aromatic nitrogens is 1. The number of aryl methyl sites for hydroxylation is 1. The molecule has 0 bridgehead atoms. The molecule has 0 N–H and O–H groups in total. The Hall–Kier alpha value is -0.370. The number of rotatable bonds is 3. The predicted molar refractivity (Wildman–Crippen MR) is 66.5 cm³/mol. The largest absolute Gasteiger partial charge is 0.246 e. The minimum Gasteiger partial charge on any atom is -0.246 e. The molecule has 1 aliphatic rings. The first-order chi connectivity index (χ1) is 7.29. The minimum atomic E-state index is 0.775. The van der Waals surface area contributed by atoms with E-state index in [2.05, 4.69) is 19.2 Å². The van der Waals surface area contributed by atoms with Gasteiger partial charge in [-0.25, -0.2) is 4.98 Å². The zero-order chi connectivity index (χ0) is 10.7. The van der Waals surface area contributed by atoms with Gasteiger partial charge in [-0.15, -0.1) is 11.3 Å². The second-order valence-electron chi connectivity index (χ2n) is 4.88. The summed E-state index contributed by atoms with van der Waals surface area (Å²) in [7, 11) is 0. The van der Waals surface area contributed by atoms with Gasteiger partial charge >= 0.3 is 0 Å². The SMILES string of the molecule is CCCc1csc(C2CCC(C)CC2)n1. The van der Waals surface area contributed by atoms with Crippen LogP contribution in [-0.2, 0) is 6.42 Å². The van der Waals surface area contributed by atoms with Gasteiger partial charge < -0.3 is 0 Å². The number of hydrogen-bond acceptors (Lipinski definition) is 2. The van der Waals surface area contributed by atoms with Crippen molar-refractivity contribution in [2.45, 2.75) is 58.3 Å². The van der Waals surface area contributed by atoms with E-state index in [-0.39, 0.29) is 0 Å². The third-order valence-corrected chi connectivity index (χ3v) is 4.50. The summed E-state index contributed by atoms with van der Waals surface area (Å²) in [5.74, 6) is 1.72. The maximum atomic E-state index is 4.77. The Labute approximate surface area is 96.9 Å². The summed E-state index contributed by atoms with van der Waals surface area (Å²) >= 11 is 1.89. The molecule has 1 saturated carbocycles. The molecule has 0 atom stereocenters. The van der Waals surface area contributed by atoms with Crippen molar-refractivity contribution in [1.82, 2.24) is 4.98 Å². The van der Waals surface area contributed by atoms with Crippen LogP contribution in [-0.4, -0.2) is 4.98 Å². The fourth-order valence-corrected chi connectivity index (χ4v) is 3.41. The summed E-state index contributed by atoms with van der Waals surface area (Å²) in [5.41, 5.74) is 1.32. The Kier molecular flexibility index (Phi) is 3.79. The molecule has 1 aromatic heterocycles. The second kappa shape index (κ2) is 5.11. The van der Waals surface area contributed by atoms with Gasteiger partial charge in [0.1, 0.15) is 0 Å². The van der Waals surface area contributed by atoms with Crippen molar-refractivity contribution in [2.75, 3.05) is 0 Å². The van der Waals surface area contributed by atoms with Crippen LogP contribution in [0, 0.1) is 5.92 Å². The molecule has 1 nitrogen and oxygen atoms in total. The molecule has 0 aromatic carbocycles. The van der Waals surface area contributed by atoms with Crippen LogP contribution >= 0.6 is 11.3 Å². The Morgan fingerprint density at radius 3 is 2.73 bits per heavy atom. The maximum Gasteiger partial charge on any atom is 0.0959 e. The zero-order valence-electron chi connectivity index (χ0n) is 9.83. The van der Waals surface area contributed by atoms with Crippen LogP contribution in [0.25, 0.3) is 0 Å². The molecule has 1 fully saturated rings. The average Bonchev–Trinajstić information content (AvgIpc) is 2.68. The van der Waals surface area contributed by atoms with E-state index in [9.17, 15) is 0 Å². The van der Waals surface area contributed by atoms with Crippen molar-refractivity contribution in [3.63, 3.8) is 0 Å². The highest BCUT2D eigenvalue weighted by Crippen LogP contribution is 2.36. The highest BCUT2D eigenvalue weighted by molar-refractivity contribution is 7.09.